The fraction of sp³-hybridized carbons (Fsp3) is 0.583. The van der Waals surface area contributed by atoms with E-state index in [1.54, 1.807) is 6.07 Å². The van der Waals surface area contributed by atoms with Gasteiger partial charge in [-0.25, -0.2) is 4.98 Å². The third kappa shape index (κ3) is 3.60. The van der Waals surface area contributed by atoms with E-state index in [1.807, 2.05) is 0 Å². The van der Waals surface area contributed by atoms with E-state index in [0.717, 1.165) is 32.1 Å². The Morgan fingerprint density at radius 2 is 2.00 bits per heavy atom. The fourth-order valence-electron chi connectivity index (χ4n) is 1.89. The van der Waals surface area contributed by atoms with Gasteiger partial charge in [0.15, 0.2) is 0 Å². The van der Waals surface area contributed by atoms with Gasteiger partial charge in [-0.1, -0.05) is 6.07 Å². The minimum absolute atomic E-state index is 0.274. The summed E-state index contributed by atoms with van der Waals surface area (Å²) in [6.45, 7) is 2.09. The van der Waals surface area contributed by atoms with Crippen LogP contribution in [0.4, 0.5) is 19.0 Å². The molecule has 0 bridgehead atoms. The summed E-state index contributed by atoms with van der Waals surface area (Å²) in [4.78, 5) is 3.56. The Balaban J connectivity index is 1.92. The molecule has 1 N–H and O–H groups in total. The minimum Gasteiger partial charge on any atom is -0.381 e. The molecule has 18 heavy (non-hydrogen) atoms. The first kappa shape index (κ1) is 13.1. The van der Waals surface area contributed by atoms with Gasteiger partial charge >= 0.3 is 6.18 Å². The molecule has 1 fully saturated rings. The van der Waals surface area contributed by atoms with Crippen LogP contribution >= 0.6 is 0 Å². The fourth-order valence-corrected chi connectivity index (χ4v) is 1.89. The minimum atomic E-state index is -4.39. The van der Waals surface area contributed by atoms with E-state index in [9.17, 15) is 13.2 Å². The summed E-state index contributed by atoms with van der Waals surface area (Å²) < 4.78 is 42.6. The van der Waals surface area contributed by atoms with Crippen molar-refractivity contribution in [3.05, 3.63) is 23.9 Å². The van der Waals surface area contributed by atoms with Crippen molar-refractivity contribution >= 4 is 5.82 Å². The molecule has 1 saturated heterocycles. The first-order valence-corrected chi connectivity index (χ1v) is 5.91. The topological polar surface area (TPSA) is 34.1 Å². The van der Waals surface area contributed by atoms with Gasteiger partial charge in [0.2, 0.25) is 0 Å². The molecule has 0 unspecified atom stereocenters. The summed E-state index contributed by atoms with van der Waals surface area (Å²) in [5, 5.41) is 2.96. The van der Waals surface area contributed by atoms with Gasteiger partial charge in [-0.3, -0.25) is 0 Å². The number of nitrogens with zero attached hydrogens (tertiary/aromatic N) is 1. The van der Waals surface area contributed by atoms with Crippen LogP contribution in [0, 0.1) is 5.92 Å². The summed E-state index contributed by atoms with van der Waals surface area (Å²) in [5.74, 6) is 0.714. The molecule has 2 rings (SSSR count). The average molecular weight is 260 g/mol. The molecule has 0 saturated carbocycles. The van der Waals surface area contributed by atoms with Gasteiger partial charge in [0, 0.05) is 19.8 Å². The summed E-state index contributed by atoms with van der Waals surface area (Å²) >= 11 is 0. The number of aromatic nitrogens is 1. The van der Waals surface area contributed by atoms with Crippen LogP contribution in [0.15, 0.2) is 18.2 Å². The zero-order valence-corrected chi connectivity index (χ0v) is 9.83. The number of hydrogen-bond acceptors (Lipinski definition) is 3. The van der Waals surface area contributed by atoms with Gasteiger partial charge in [-0.15, -0.1) is 0 Å². The summed E-state index contributed by atoms with van der Waals surface area (Å²) in [6.07, 6.45) is -2.52. The van der Waals surface area contributed by atoms with E-state index < -0.39 is 11.9 Å². The van der Waals surface area contributed by atoms with E-state index in [0.29, 0.717) is 12.5 Å². The Labute approximate surface area is 103 Å². The van der Waals surface area contributed by atoms with Crippen LogP contribution < -0.4 is 5.32 Å². The van der Waals surface area contributed by atoms with Crippen molar-refractivity contribution in [3.8, 4) is 0 Å². The predicted octanol–water partition coefficient (Wildman–Crippen LogP) is 2.94. The highest BCUT2D eigenvalue weighted by molar-refractivity contribution is 5.35. The normalized spacial score (nSPS) is 17.7. The van der Waals surface area contributed by atoms with E-state index >= 15 is 0 Å². The maximum atomic E-state index is 12.5. The summed E-state index contributed by atoms with van der Waals surface area (Å²) in [5.41, 5.74) is -0.862. The van der Waals surface area contributed by atoms with Gasteiger partial charge in [0.05, 0.1) is 0 Å². The quantitative estimate of drug-likeness (QED) is 0.907. The van der Waals surface area contributed by atoms with Gasteiger partial charge in [0.1, 0.15) is 11.5 Å². The molecule has 6 heteroatoms. The van der Waals surface area contributed by atoms with Crippen LogP contribution in [0.3, 0.4) is 0 Å². The molecule has 3 nitrogen and oxygen atoms in total. The van der Waals surface area contributed by atoms with Crippen molar-refractivity contribution in [2.45, 2.75) is 19.0 Å². The molecule has 100 valence electrons. The second kappa shape index (κ2) is 5.56. The standard InChI is InChI=1S/C12H15F3N2O/c13-12(14,15)10-2-1-3-11(17-10)16-8-9-4-6-18-7-5-9/h1-3,9H,4-8H2,(H,16,17). The molecule has 1 aliphatic rings. The number of anilines is 1. The molecule has 0 aromatic carbocycles. The molecule has 0 radical (unpaired) electrons. The molecule has 1 aliphatic heterocycles. The highest BCUT2D eigenvalue weighted by Crippen LogP contribution is 2.28. The molecule has 1 aromatic rings. The maximum absolute atomic E-state index is 12.5. The van der Waals surface area contributed by atoms with Crippen molar-refractivity contribution in [2.75, 3.05) is 25.1 Å². The molecule has 1 aromatic heterocycles. The predicted molar refractivity (Wildman–Crippen MR) is 61.3 cm³/mol. The number of hydrogen-bond donors (Lipinski definition) is 1. The lowest BCUT2D eigenvalue weighted by atomic mass is 10.0. The Morgan fingerprint density at radius 1 is 1.28 bits per heavy atom. The molecule has 0 atom stereocenters. The number of nitrogens with one attached hydrogen (secondary N) is 1. The molecule has 2 heterocycles. The largest absolute Gasteiger partial charge is 0.433 e. The lowest BCUT2D eigenvalue weighted by molar-refractivity contribution is -0.141. The number of alkyl halides is 3. The van der Waals surface area contributed by atoms with Crippen molar-refractivity contribution in [1.29, 1.82) is 0 Å². The molecule has 0 spiro atoms. The molecular weight excluding hydrogens is 245 g/mol. The van der Waals surface area contributed by atoms with E-state index in [2.05, 4.69) is 10.3 Å². The maximum Gasteiger partial charge on any atom is 0.433 e. The third-order valence-electron chi connectivity index (χ3n) is 2.95. The van der Waals surface area contributed by atoms with Gasteiger partial charge in [-0.2, -0.15) is 13.2 Å². The molecule has 0 aliphatic carbocycles. The second-order valence-electron chi connectivity index (χ2n) is 4.34. The van der Waals surface area contributed by atoms with Crippen molar-refractivity contribution in [2.24, 2.45) is 5.92 Å². The lowest BCUT2D eigenvalue weighted by Crippen LogP contribution is -2.23. The molecular formula is C12H15F3N2O. The second-order valence-corrected chi connectivity index (χ2v) is 4.34. The first-order valence-electron chi connectivity index (χ1n) is 5.91. The SMILES string of the molecule is FC(F)(F)c1cccc(NCC2CCOCC2)n1. The van der Waals surface area contributed by atoms with Crippen molar-refractivity contribution in [1.82, 2.24) is 4.98 Å². The third-order valence-corrected chi connectivity index (χ3v) is 2.95. The van der Waals surface area contributed by atoms with Gasteiger partial charge < -0.3 is 10.1 Å². The van der Waals surface area contributed by atoms with Crippen LogP contribution in [-0.2, 0) is 10.9 Å². The highest BCUT2D eigenvalue weighted by atomic mass is 19.4. The van der Waals surface area contributed by atoms with Crippen LogP contribution in [0.5, 0.6) is 0 Å². The Morgan fingerprint density at radius 3 is 2.67 bits per heavy atom. The first-order chi connectivity index (χ1) is 8.55. The van der Waals surface area contributed by atoms with Crippen molar-refractivity contribution in [3.63, 3.8) is 0 Å². The van der Waals surface area contributed by atoms with Crippen LogP contribution in [0.25, 0.3) is 0 Å². The van der Waals surface area contributed by atoms with E-state index in [4.69, 9.17) is 4.74 Å². The van der Waals surface area contributed by atoms with Crippen LogP contribution in [0.1, 0.15) is 18.5 Å². The highest BCUT2D eigenvalue weighted by Gasteiger charge is 2.32. The number of pyridine rings is 1. The Kier molecular flexibility index (Phi) is 4.06. The zero-order chi connectivity index (χ0) is 13.0. The smallest absolute Gasteiger partial charge is 0.381 e. The van der Waals surface area contributed by atoms with E-state index in [1.165, 1.54) is 6.07 Å². The summed E-state index contributed by atoms with van der Waals surface area (Å²) in [7, 11) is 0. The summed E-state index contributed by atoms with van der Waals surface area (Å²) in [6, 6.07) is 3.89. The molecule has 0 amide bonds. The van der Waals surface area contributed by atoms with Crippen LogP contribution in [-0.4, -0.2) is 24.7 Å². The Hall–Kier alpha value is -1.30. The lowest BCUT2D eigenvalue weighted by Gasteiger charge is -2.22. The van der Waals surface area contributed by atoms with Gasteiger partial charge in [-0.05, 0) is 30.9 Å². The zero-order valence-electron chi connectivity index (χ0n) is 9.83. The number of ether oxygens (including phenoxy) is 1. The Bertz CT molecular complexity index is 389. The van der Waals surface area contributed by atoms with E-state index in [-0.39, 0.29) is 5.82 Å². The monoisotopic (exact) mass is 260 g/mol. The van der Waals surface area contributed by atoms with Crippen LogP contribution in [0.2, 0.25) is 0 Å². The number of rotatable bonds is 3. The van der Waals surface area contributed by atoms with Gasteiger partial charge in [0.25, 0.3) is 0 Å². The number of halogens is 3. The van der Waals surface area contributed by atoms with Crippen molar-refractivity contribution < 1.29 is 17.9 Å². The average Bonchev–Trinajstić information content (AvgIpc) is 2.37.